The van der Waals surface area contributed by atoms with Crippen molar-refractivity contribution >= 4 is 21.4 Å². The molecule has 0 aromatic heterocycles. The van der Waals surface area contributed by atoms with Crippen LogP contribution in [0.4, 0.5) is 11.4 Å². The van der Waals surface area contributed by atoms with Gasteiger partial charge in [-0.1, -0.05) is 0 Å². The molecule has 0 bridgehead atoms. The molecule has 0 atom stereocenters. The van der Waals surface area contributed by atoms with Crippen molar-refractivity contribution in [2.45, 2.75) is 11.3 Å². The maximum atomic E-state index is 11.9. The number of nitrogens with two attached hydrogens (primary N) is 1. The fraction of sp³-hybridized carbons (Fsp3) is 0.500. The van der Waals surface area contributed by atoms with Crippen LogP contribution in [0.3, 0.4) is 0 Å². The van der Waals surface area contributed by atoms with Crippen LogP contribution in [0.2, 0.25) is 0 Å². The molecule has 0 aliphatic carbocycles. The van der Waals surface area contributed by atoms with Crippen LogP contribution < -0.4 is 15.8 Å². The molecule has 19 heavy (non-hydrogen) atoms. The highest BCUT2D eigenvalue weighted by atomic mass is 32.2. The van der Waals surface area contributed by atoms with E-state index in [1.165, 1.54) is 13.1 Å². The molecule has 0 radical (unpaired) electrons. The van der Waals surface area contributed by atoms with Crippen LogP contribution in [0.1, 0.15) is 6.42 Å². The standard InChI is InChI=1S/C12H22N4O2S/c1-14-19(17,18)12-9-10(13)5-6-11(12)15-7-4-8-16(2)3/h5-6,9,14-15H,4,7-8,13H2,1-3H3. The van der Waals surface area contributed by atoms with Gasteiger partial charge in [-0.25, -0.2) is 13.1 Å². The Morgan fingerprint density at radius 2 is 2.00 bits per heavy atom. The maximum absolute atomic E-state index is 11.9. The highest BCUT2D eigenvalue weighted by molar-refractivity contribution is 7.89. The van der Waals surface area contributed by atoms with E-state index >= 15 is 0 Å². The number of hydrogen-bond acceptors (Lipinski definition) is 5. The van der Waals surface area contributed by atoms with Crippen molar-refractivity contribution < 1.29 is 8.42 Å². The predicted molar refractivity (Wildman–Crippen MR) is 78.8 cm³/mol. The van der Waals surface area contributed by atoms with Gasteiger partial charge in [0, 0.05) is 12.2 Å². The molecule has 0 heterocycles. The van der Waals surface area contributed by atoms with Crippen LogP contribution >= 0.6 is 0 Å². The first-order valence-electron chi connectivity index (χ1n) is 6.08. The normalized spacial score (nSPS) is 11.8. The number of nitrogen functional groups attached to an aromatic ring is 1. The minimum absolute atomic E-state index is 0.180. The average Bonchev–Trinajstić information content (AvgIpc) is 2.35. The van der Waals surface area contributed by atoms with Crippen molar-refractivity contribution in [3.05, 3.63) is 18.2 Å². The lowest BCUT2D eigenvalue weighted by molar-refractivity contribution is 0.405. The van der Waals surface area contributed by atoms with E-state index in [4.69, 9.17) is 5.73 Å². The Morgan fingerprint density at radius 3 is 2.58 bits per heavy atom. The summed E-state index contributed by atoms with van der Waals surface area (Å²) >= 11 is 0. The molecular weight excluding hydrogens is 264 g/mol. The molecule has 0 spiro atoms. The smallest absolute Gasteiger partial charge is 0.242 e. The summed E-state index contributed by atoms with van der Waals surface area (Å²) in [6, 6.07) is 4.83. The Morgan fingerprint density at radius 1 is 1.32 bits per heavy atom. The van der Waals surface area contributed by atoms with Gasteiger partial charge in [0.1, 0.15) is 4.90 Å². The quantitative estimate of drug-likeness (QED) is 0.503. The molecule has 0 amide bonds. The summed E-state index contributed by atoms with van der Waals surface area (Å²) < 4.78 is 26.1. The largest absolute Gasteiger partial charge is 0.399 e. The first-order chi connectivity index (χ1) is 8.86. The van der Waals surface area contributed by atoms with Crippen molar-refractivity contribution in [3.63, 3.8) is 0 Å². The molecule has 0 unspecified atom stereocenters. The SMILES string of the molecule is CNS(=O)(=O)c1cc(N)ccc1NCCCN(C)C. The topological polar surface area (TPSA) is 87.5 Å². The first-order valence-corrected chi connectivity index (χ1v) is 7.57. The number of nitrogens with one attached hydrogen (secondary N) is 2. The van der Waals surface area contributed by atoms with E-state index in [9.17, 15) is 8.42 Å². The van der Waals surface area contributed by atoms with Gasteiger partial charge in [-0.3, -0.25) is 0 Å². The van der Waals surface area contributed by atoms with Crippen LogP contribution in [0.25, 0.3) is 0 Å². The van der Waals surface area contributed by atoms with Crippen molar-refractivity contribution in [3.8, 4) is 0 Å². The lowest BCUT2D eigenvalue weighted by atomic mass is 10.2. The van der Waals surface area contributed by atoms with Gasteiger partial charge < -0.3 is 16.0 Å². The molecule has 0 saturated heterocycles. The van der Waals surface area contributed by atoms with Crippen molar-refractivity contribution in [1.82, 2.24) is 9.62 Å². The average molecular weight is 286 g/mol. The third-order valence-corrected chi connectivity index (χ3v) is 4.12. The number of anilines is 2. The van der Waals surface area contributed by atoms with Crippen LogP contribution in [0.5, 0.6) is 0 Å². The summed E-state index contributed by atoms with van der Waals surface area (Å²) in [7, 11) is 1.88. The zero-order chi connectivity index (χ0) is 14.5. The summed E-state index contributed by atoms with van der Waals surface area (Å²) in [6.45, 7) is 1.64. The fourth-order valence-corrected chi connectivity index (χ4v) is 2.58. The van der Waals surface area contributed by atoms with Crippen LogP contribution in [0, 0.1) is 0 Å². The maximum Gasteiger partial charge on any atom is 0.242 e. The van der Waals surface area contributed by atoms with Gasteiger partial charge in [0.15, 0.2) is 0 Å². The number of benzene rings is 1. The molecule has 1 aromatic rings. The van der Waals surface area contributed by atoms with E-state index < -0.39 is 10.0 Å². The molecule has 7 heteroatoms. The molecule has 0 saturated carbocycles. The lowest BCUT2D eigenvalue weighted by Crippen LogP contribution is -2.21. The summed E-state index contributed by atoms with van der Waals surface area (Å²) in [6.07, 6.45) is 0.927. The van der Waals surface area contributed by atoms with Gasteiger partial charge in [0.2, 0.25) is 10.0 Å². The minimum Gasteiger partial charge on any atom is -0.399 e. The van der Waals surface area contributed by atoms with E-state index in [2.05, 4.69) is 14.9 Å². The highest BCUT2D eigenvalue weighted by Gasteiger charge is 2.16. The van der Waals surface area contributed by atoms with E-state index in [0.29, 0.717) is 17.9 Å². The zero-order valence-corrected chi connectivity index (χ0v) is 12.4. The molecule has 1 rings (SSSR count). The van der Waals surface area contributed by atoms with Gasteiger partial charge in [-0.15, -0.1) is 0 Å². The molecule has 1 aromatic carbocycles. The Kier molecular flexibility index (Phi) is 5.59. The number of sulfonamides is 1. The predicted octanol–water partition coefficient (Wildman–Crippen LogP) is 0.540. The monoisotopic (exact) mass is 286 g/mol. The fourth-order valence-electron chi connectivity index (χ4n) is 1.64. The molecule has 108 valence electrons. The number of nitrogens with zero attached hydrogens (tertiary/aromatic N) is 1. The van der Waals surface area contributed by atoms with Crippen LogP contribution in [-0.2, 0) is 10.0 Å². The lowest BCUT2D eigenvalue weighted by Gasteiger charge is -2.14. The van der Waals surface area contributed by atoms with Gasteiger partial charge in [-0.05, 0) is 52.3 Å². The second-order valence-corrected chi connectivity index (χ2v) is 6.40. The summed E-state index contributed by atoms with van der Waals surface area (Å²) in [5.41, 5.74) is 6.64. The van der Waals surface area contributed by atoms with Gasteiger partial charge >= 0.3 is 0 Å². The van der Waals surface area contributed by atoms with E-state index in [1.807, 2.05) is 14.1 Å². The molecule has 4 N–H and O–H groups in total. The van der Waals surface area contributed by atoms with E-state index in [-0.39, 0.29) is 4.90 Å². The molecule has 6 nitrogen and oxygen atoms in total. The summed E-state index contributed by atoms with van der Waals surface area (Å²) in [5, 5.41) is 3.13. The van der Waals surface area contributed by atoms with E-state index in [1.54, 1.807) is 12.1 Å². The Hall–Kier alpha value is -1.31. The summed E-state index contributed by atoms with van der Waals surface area (Å²) in [4.78, 5) is 2.26. The minimum atomic E-state index is -3.51. The second kappa shape index (κ2) is 6.74. The van der Waals surface area contributed by atoms with E-state index in [0.717, 1.165) is 13.0 Å². The zero-order valence-electron chi connectivity index (χ0n) is 11.6. The van der Waals surface area contributed by atoms with Crippen LogP contribution in [-0.4, -0.2) is 47.6 Å². The van der Waals surface area contributed by atoms with Crippen LogP contribution in [0.15, 0.2) is 23.1 Å². The number of hydrogen-bond donors (Lipinski definition) is 3. The van der Waals surface area contributed by atoms with Crippen molar-refractivity contribution in [2.75, 3.05) is 45.3 Å². The van der Waals surface area contributed by atoms with Gasteiger partial charge in [-0.2, -0.15) is 0 Å². The third-order valence-electron chi connectivity index (χ3n) is 2.66. The van der Waals surface area contributed by atoms with Crippen molar-refractivity contribution in [2.24, 2.45) is 0 Å². The second-order valence-electron chi connectivity index (χ2n) is 4.55. The molecular formula is C12H22N4O2S. The van der Waals surface area contributed by atoms with Gasteiger partial charge in [0.05, 0.1) is 5.69 Å². The Labute approximate surface area is 115 Å². The highest BCUT2D eigenvalue weighted by Crippen LogP contribution is 2.23. The molecule has 0 aliphatic rings. The first kappa shape index (κ1) is 15.7. The Balaban J connectivity index is 2.83. The van der Waals surface area contributed by atoms with Crippen molar-refractivity contribution in [1.29, 1.82) is 0 Å². The summed E-state index contributed by atoms with van der Waals surface area (Å²) in [5.74, 6) is 0. The number of rotatable bonds is 7. The molecule has 0 fully saturated rings. The van der Waals surface area contributed by atoms with Gasteiger partial charge in [0.25, 0.3) is 0 Å². The Bertz CT molecular complexity index is 514. The third kappa shape index (κ3) is 4.70. The molecule has 0 aliphatic heterocycles.